The second kappa shape index (κ2) is 10.7. The molecule has 0 atom stereocenters. The lowest BCUT2D eigenvalue weighted by Crippen LogP contribution is -2.26. The molecular weight excluding hydrogens is 436 g/mol. The van der Waals surface area contributed by atoms with Gasteiger partial charge in [0.05, 0.1) is 18.3 Å². The van der Waals surface area contributed by atoms with Crippen molar-refractivity contribution >= 4 is 22.5 Å². The van der Waals surface area contributed by atoms with Crippen LogP contribution < -0.4 is 15.4 Å². The summed E-state index contributed by atoms with van der Waals surface area (Å²) in [5, 5.41) is 15.1. The Morgan fingerprint density at radius 3 is 2.31 bits per heavy atom. The number of hydrogen-bond acceptors (Lipinski definition) is 4. The summed E-state index contributed by atoms with van der Waals surface area (Å²) in [4.78, 5) is 11.4. The minimum Gasteiger partial charge on any atom is -0.497 e. The zero-order valence-corrected chi connectivity index (χ0v) is 20.1. The number of aromatic nitrogens is 2. The fourth-order valence-electron chi connectivity index (χ4n) is 4.52. The Balaban J connectivity index is 0.000000158. The summed E-state index contributed by atoms with van der Waals surface area (Å²) < 4.78 is 5.02. The molecule has 2 heterocycles. The largest absolute Gasteiger partial charge is 0.497 e. The van der Waals surface area contributed by atoms with E-state index in [9.17, 15) is 4.79 Å². The number of carbonyl (C=O) groups excluding carboxylic acids is 1. The molecule has 6 rings (SSSR count). The Kier molecular flexibility index (Phi) is 7.09. The summed E-state index contributed by atoms with van der Waals surface area (Å²) in [7, 11) is 1.62. The molecule has 2 aliphatic rings. The van der Waals surface area contributed by atoms with Crippen LogP contribution in [0.1, 0.15) is 37.2 Å². The van der Waals surface area contributed by atoms with Crippen LogP contribution in [0.5, 0.6) is 5.75 Å². The molecule has 6 nitrogen and oxygen atoms in total. The van der Waals surface area contributed by atoms with Gasteiger partial charge in [0.25, 0.3) is 0 Å². The van der Waals surface area contributed by atoms with Crippen molar-refractivity contribution in [1.82, 2.24) is 15.5 Å². The number of para-hydroxylation sites is 1. The lowest BCUT2D eigenvalue weighted by molar-refractivity contribution is -0.117. The number of H-pyrrole nitrogens is 1. The molecule has 180 valence electrons. The van der Waals surface area contributed by atoms with Crippen molar-refractivity contribution in [2.24, 2.45) is 5.92 Å². The molecule has 4 aromatic rings. The van der Waals surface area contributed by atoms with Gasteiger partial charge in [-0.3, -0.25) is 9.89 Å². The normalized spacial score (nSPS) is 15.8. The lowest BCUT2D eigenvalue weighted by atomic mass is 9.89. The van der Waals surface area contributed by atoms with Crippen LogP contribution in [0, 0.1) is 5.92 Å². The summed E-state index contributed by atoms with van der Waals surface area (Å²) >= 11 is 0. The number of aromatic amines is 1. The molecule has 35 heavy (non-hydrogen) atoms. The standard InChI is InChI=1S/C18H19N3.C11H13NO2/c1-2-4-17-16(3-1)18(21-20-17)15-7-5-13(6-8-15)14-9-11-19-12-10-14;1-14-10-6-4-9(5-7-10)12-11(13)8-2-3-8/h1-8,14,19H,9-12H2,(H,20,21);4-8H,2-3H2,1H3,(H,12,13). The van der Waals surface area contributed by atoms with Crippen molar-refractivity contribution < 1.29 is 9.53 Å². The average molecular weight is 469 g/mol. The van der Waals surface area contributed by atoms with Gasteiger partial charge in [0.15, 0.2) is 0 Å². The smallest absolute Gasteiger partial charge is 0.227 e. The van der Waals surface area contributed by atoms with Gasteiger partial charge in [-0.25, -0.2) is 0 Å². The van der Waals surface area contributed by atoms with E-state index in [1.54, 1.807) is 7.11 Å². The molecule has 1 aromatic heterocycles. The van der Waals surface area contributed by atoms with Gasteiger partial charge < -0.3 is 15.4 Å². The second-order valence-electron chi connectivity index (χ2n) is 9.26. The number of anilines is 1. The molecule has 1 aliphatic carbocycles. The van der Waals surface area contributed by atoms with Gasteiger partial charge in [-0.05, 0) is 80.6 Å². The number of rotatable bonds is 5. The number of methoxy groups -OCH3 is 1. The lowest BCUT2D eigenvalue weighted by Gasteiger charge is -2.23. The number of nitrogens with zero attached hydrogens (tertiary/aromatic N) is 1. The molecule has 1 aliphatic heterocycles. The van der Waals surface area contributed by atoms with Crippen molar-refractivity contribution in [2.75, 3.05) is 25.5 Å². The van der Waals surface area contributed by atoms with Crippen molar-refractivity contribution in [3.63, 3.8) is 0 Å². The van der Waals surface area contributed by atoms with Crippen LogP contribution in [0.2, 0.25) is 0 Å². The number of benzene rings is 3. The summed E-state index contributed by atoms with van der Waals surface area (Å²) in [6.45, 7) is 2.27. The quantitative estimate of drug-likeness (QED) is 0.349. The average Bonchev–Trinajstić information content (AvgIpc) is 3.69. The SMILES string of the molecule is COc1ccc(NC(=O)C2CC2)cc1.c1ccc2c(-c3ccc(C4CCNCC4)cc3)n[nH]c2c1. The highest BCUT2D eigenvalue weighted by atomic mass is 16.5. The third kappa shape index (κ3) is 5.72. The minimum absolute atomic E-state index is 0.134. The Morgan fingerprint density at radius 2 is 1.63 bits per heavy atom. The van der Waals surface area contributed by atoms with Crippen LogP contribution in [0.15, 0.2) is 72.8 Å². The molecule has 3 N–H and O–H groups in total. The van der Waals surface area contributed by atoms with E-state index in [1.807, 2.05) is 30.3 Å². The van der Waals surface area contributed by atoms with E-state index in [0.717, 1.165) is 48.6 Å². The zero-order valence-electron chi connectivity index (χ0n) is 20.1. The number of nitrogens with one attached hydrogen (secondary N) is 3. The number of piperidine rings is 1. The highest BCUT2D eigenvalue weighted by Crippen LogP contribution is 2.31. The van der Waals surface area contributed by atoms with E-state index in [2.05, 4.69) is 63.3 Å². The first-order valence-electron chi connectivity index (χ1n) is 12.4. The van der Waals surface area contributed by atoms with Gasteiger partial charge in [-0.2, -0.15) is 5.10 Å². The number of carbonyl (C=O) groups is 1. The fraction of sp³-hybridized carbons (Fsp3) is 0.310. The van der Waals surface area contributed by atoms with Crippen LogP contribution in [0.3, 0.4) is 0 Å². The third-order valence-corrected chi connectivity index (χ3v) is 6.77. The molecule has 1 saturated carbocycles. The maximum absolute atomic E-state index is 11.4. The molecule has 0 spiro atoms. The van der Waals surface area contributed by atoms with Gasteiger partial charge in [-0.1, -0.05) is 42.5 Å². The van der Waals surface area contributed by atoms with Crippen molar-refractivity contribution in [2.45, 2.75) is 31.6 Å². The van der Waals surface area contributed by atoms with Gasteiger partial charge in [0.1, 0.15) is 5.75 Å². The van der Waals surface area contributed by atoms with E-state index in [0.29, 0.717) is 5.92 Å². The molecule has 1 saturated heterocycles. The maximum atomic E-state index is 11.4. The van der Waals surface area contributed by atoms with E-state index in [1.165, 1.54) is 29.4 Å². The van der Waals surface area contributed by atoms with Crippen molar-refractivity contribution in [3.8, 4) is 17.0 Å². The summed E-state index contributed by atoms with van der Waals surface area (Å²) in [5.74, 6) is 1.89. The van der Waals surface area contributed by atoms with E-state index in [4.69, 9.17) is 4.74 Å². The molecule has 0 unspecified atom stereocenters. The third-order valence-electron chi connectivity index (χ3n) is 6.77. The van der Waals surface area contributed by atoms with Crippen molar-refractivity contribution in [1.29, 1.82) is 0 Å². The monoisotopic (exact) mass is 468 g/mol. The molecule has 3 aromatic carbocycles. The topological polar surface area (TPSA) is 79.0 Å². The van der Waals surface area contributed by atoms with Crippen LogP contribution in [-0.4, -0.2) is 36.3 Å². The second-order valence-corrected chi connectivity index (χ2v) is 9.26. The molecule has 0 radical (unpaired) electrons. The van der Waals surface area contributed by atoms with E-state index >= 15 is 0 Å². The van der Waals surface area contributed by atoms with Gasteiger partial charge >= 0.3 is 0 Å². The number of hydrogen-bond donors (Lipinski definition) is 3. The molecule has 1 amide bonds. The Hall–Kier alpha value is -3.64. The van der Waals surface area contributed by atoms with Crippen LogP contribution >= 0.6 is 0 Å². The van der Waals surface area contributed by atoms with Crippen LogP contribution in [0.25, 0.3) is 22.2 Å². The van der Waals surface area contributed by atoms with Crippen LogP contribution in [-0.2, 0) is 4.79 Å². The number of amides is 1. The van der Waals surface area contributed by atoms with Gasteiger partial charge in [0.2, 0.25) is 5.91 Å². The van der Waals surface area contributed by atoms with E-state index < -0.39 is 0 Å². The molecular formula is C29H32N4O2. The first-order chi connectivity index (χ1) is 17.2. The predicted octanol–water partition coefficient (Wildman–Crippen LogP) is 5.74. The predicted molar refractivity (Wildman–Crippen MR) is 141 cm³/mol. The molecule has 2 fully saturated rings. The first kappa shape index (κ1) is 23.1. The zero-order chi connectivity index (χ0) is 24.0. The Bertz CT molecular complexity index is 1250. The molecule has 0 bridgehead atoms. The number of fused-ring (bicyclic) bond motifs is 1. The van der Waals surface area contributed by atoms with Crippen LogP contribution in [0.4, 0.5) is 5.69 Å². The maximum Gasteiger partial charge on any atom is 0.227 e. The summed E-state index contributed by atoms with van der Waals surface area (Å²) in [6, 6.07) is 24.6. The summed E-state index contributed by atoms with van der Waals surface area (Å²) in [5.41, 5.74) is 5.62. The first-order valence-corrected chi connectivity index (χ1v) is 12.4. The Morgan fingerprint density at radius 1 is 0.914 bits per heavy atom. The van der Waals surface area contributed by atoms with Gasteiger partial charge in [-0.15, -0.1) is 0 Å². The number of ether oxygens (including phenoxy) is 1. The fourth-order valence-corrected chi connectivity index (χ4v) is 4.52. The van der Waals surface area contributed by atoms with E-state index in [-0.39, 0.29) is 11.8 Å². The highest BCUT2D eigenvalue weighted by Gasteiger charge is 2.29. The van der Waals surface area contributed by atoms with Gasteiger partial charge in [0, 0.05) is 22.6 Å². The summed E-state index contributed by atoms with van der Waals surface area (Å²) in [6.07, 6.45) is 4.54. The minimum atomic E-state index is 0.134. The highest BCUT2D eigenvalue weighted by molar-refractivity contribution is 5.94. The van der Waals surface area contributed by atoms with Crippen molar-refractivity contribution in [3.05, 3.63) is 78.4 Å². The Labute approximate surface area is 206 Å². The molecule has 6 heteroatoms.